The maximum Gasteiger partial charge on any atom is 0.123 e. The molecule has 0 spiro atoms. The van der Waals surface area contributed by atoms with Crippen LogP contribution in [0.15, 0.2) is 18.2 Å². The van der Waals surface area contributed by atoms with E-state index in [-0.39, 0.29) is 11.4 Å². The number of hydrogen-bond donors (Lipinski definition) is 1. The molecule has 1 heterocycles. The molecule has 0 unspecified atom stereocenters. The van der Waals surface area contributed by atoms with Crippen LogP contribution < -0.4 is 5.32 Å². The van der Waals surface area contributed by atoms with Crippen molar-refractivity contribution in [3.05, 3.63) is 34.6 Å². The molecule has 4 heteroatoms. The topological polar surface area (TPSA) is 15.3 Å². The third-order valence-corrected chi connectivity index (χ3v) is 3.64. The summed E-state index contributed by atoms with van der Waals surface area (Å²) in [4.78, 5) is 2.33. The number of hydrogen-bond acceptors (Lipinski definition) is 2. The van der Waals surface area contributed by atoms with Gasteiger partial charge in [0.15, 0.2) is 0 Å². The summed E-state index contributed by atoms with van der Waals surface area (Å²) in [6.45, 7) is 8.09. The predicted molar refractivity (Wildman–Crippen MR) is 73.4 cm³/mol. The number of benzene rings is 1. The summed E-state index contributed by atoms with van der Waals surface area (Å²) < 4.78 is 13.2. The van der Waals surface area contributed by atoms with E-state index in [1.807, 2.05) is 0 Å². The first-order valence-corrected chi connectivity index (χ1v) is 6.75. The van der Waals surface area contributed by atoms with Crippen molar-refractivity contribution >= 4 is 11.6 Å². The van der Waals surface area contributed by atoms with Crippen molar-refractivity contribution in [1.29, 1.82) is 0 Å². The van der Waals surface area contributed by atoms with E-state index in [9.17, 15) is 4.39 Å². The molecular formula is C14H20ClFN2. The number of nitrogens with one attached hydrogen (secondary N) is 1. The summed E-state index contributed by atoms with van der Waals surface area (Å²) in [5.74, 6) is -0.221. The van der Waals surface area contributed by atoms with E-state index in [1.54, 1.807) is 6.07 Å². The van der Waals surface area contributed by atoms with E-state index in [4.69, 9.17) is 11.6 Å². The van der Waals surface area contributed by atoms with Gasteiger partial charge >= 0.3 is 0 Å². The summed E-state index contributed by atoms with van der Waals surface area (Å²) in [5, 5.41) is 4.16. The fourth-order valence-corrected chi connectivity index (χ4v) is 2.64. The molecule has 0 radical (unpaired) electrons. The van der Waals surface area contributed by atoms with Gasteiger partial charge in [-0.25, -0.2) is 4.39 Å². The molecule has 18 heavy (non-hydrogen) atoms. The van der Waals surface area contributed by atoms with Gasteiger partial charge in [0.1, 0.15) is 5.82 Å². The van der Waals surface area contributed by atoms with Gasteiger partial charge in [0.25, 0.3) is 0 Å². The third-order valence-electron chi connectivity index (χ3n) is 3.28. The van der Waals surface area contributed by atoms with E-state index in [2.05, 4.69) is 24.1 Å². The van der Waals surface area contributed by atoms with Crippen LogP contribution in [0.5, 0.6) is 0 Å². The highest BCUT2D eigenvalue weighted by Gasteiger charge is 2.24. The minimum absolute atomic E-state index is 0.0936. The molecule has 1 fully saturated rings. The van der Waals surface area contributed by atoms with Crippen LogP contribution in [0.1, 0.15) is 25.8 Å². The Balaban J connectivity index is 2.10. The summed E-state index contributed by atoms with van der Waals surface area (Å²) in [5.41, 5.74) is 0.963. The molecule has 2 rings (SSSR count). The quantitative estimate of drug-likeness (QED) is 0.889. The van der Waals surface area contributed by atoms with Gasteiger partial charge in [-0.15, -0.1) is 0 Å². The lowest BCUT2D eigenvalue weighted by Gasteiger charge is -2.30. The second-order valence-corrected chi connectivity index (χ2v) is 6.02. The van der Waals surface area contributed by atoms with Crippen molar-refractivity contribution in [2.24, 2.45) is 0 Å². The summed E-state index contributed by atoms with van der Waals surface area (Å²) in [7, 11) is 0. The standard InChI is InChI=1S/C14H20ClFN2/c1-14(2)10-18(7-3-6-17-14)9-11-8-12(16)4-5-13(11)15/h4-5,8,17H,3,6-7,9-10H2,1-2H3. The second-order valence-electron chi connectivity index (χ2n) is 5.61. The second kappa shape index (κ2) is 5.55. The van der Waals surface area contributed by atoms with Crippen LogP contribution in [0.2, 0.25) is 5.02 Å². The van der Waals surface area contributed by atoms with Crippen LogP contribution >= 0.6 is 11.6 Å². The molecule has 0 aromatic heterocycles. The molecule has 0 saturated carbocycles. The first kappa shape index (κ1) is 13.8. The fourth-order valence-electron chi connectivity index (χ4n) is 2.46. The first-order chi connectivity index (χ1) is 8.46. The molecule has 100 valence electrons. The zero-order valence-electron chi connectivity index (χ0n) is 11.0. The summed E-state index contributed by atoms with van der Waals surface area (Å²) in [6, 6.07) is 4.57. The highest BCUT2D eigenvalue weighted by molar-refractivity contribution is 6.31. The lowest BCUT2D eigenvalue weighted by Crippen LogP contribution is -2.46. The summed E-state index contributed by atoms with van der Waals surface area (Å²) >= 11 is 6.12. The number of halogens is 2. The first-order valence-electron chi connectivity index (χ1n) is 6.38. The normalized spacial score (nSPS) is 20.7. The Morgan fingerprint density at radius 1 is 1.44 bits per heavy atom. The Hall–Kier alpha value is -0.640. The molecule has 1 aliphatic rings. The molecule has 1 N–H and O–H groups in total. The van der Waals surface area contributed by atoms with Crippen molar-refractivity contribution < 1.29 is 4.39 Å². The maximum atomic E-state index is 13.2. The minimum atomic E-state index is -0.221. The smallest absolute Gasteiger partial charge is 0.123 e. The van der Waals surface area contributed by atoms with Crippen LogP contribution in [0.25, 0.3) is 0 Å². The molecule has 1 aromatic rings. The average Bonchev–Trinajstić information content (AvgIpc) is 2.44. The Bertz CT molecular complexity index is 420. The molecule has 0 amide bonds. The van der Waals surface area contributed by atoms with Gasteiger partial charge in [-0.1, -0.05) is 11.6 Å². The van der Waals surface area contributed by atoms with Crippen molar-refractivity contribution in [3.63, 3.8) is 0 Å². The van der Waals surface area contributed by atoms with Gasteiger partial charge in [-0.05, 0) is 57.1 Å². The highest BCUT2D eigenvalue weighted by atomic mass is 35.5. The Morgan fingerprint density at radius 3 is 3.00 bits per heavy atom. The Kier molecular flexibility index (Phi) is 4.25. The maximum absolute atomic E-state index is 13.2. The lowest BCUT2D eigenvalue weighted by molar-refractivity contribution is 0.224. The Labute approximate surface area is 113 Å². The van der Waals surface area contributed by atoms with Crippen LogP contribution in [0.4, 0.5) is 4.39 Å². The molecule has 0 bridgehead atoms. The zero-order valence-corrected chi connectivity index (χ0v) is 11.7. The minimum Gasteiger partial charge on any atom is -0.310 e. The van der Waals surface area contributed by atoms with E-state index < -0.39 is 0 Å². The van der Waals surface area contributed by atoms with Crippen molar-refractivity contribution in [3.8, 4) is 0 Å². The summed E-state index contributed by atoms with van der Waals surface area (Å²) in [6.07, 6.45) is 1.11. The van der Waals surface area contributed by atoms with Crippen LogP contribution in [-0.4, -0.2) is 30.1 Å². The molecule has 2 nitrogen and oxygen atoms in total. The molecule has 0 aliphatic carbocycles. The van der Waals surface area contributed by atoms with Gasteiger partial charge in [-0.3, -0.25) is 4.90 Å². The van der Waals surface area contributed by atoms with Crippen molar-refractivity contribution in [2.75, 3.05) is 19.6 Å². The molecule has 0 atom stereocenters. The highest BCUT2D eigenvalue weighted by Crippen LogP contribution is 2.21. The van der Waals surface area contributed by atoms with Gasteiger partial charge in [0.05, 0.1) is 0 Å². The van der Waals surface area contributed by atoms with E-state index >= 15 is 0 Å². The van der Waals surface area contributed by atoms with Gasteiger partial charge in [0.2, 0.25) is 0 Å². The molecule has 1 saturated heterocycles. The average molecular weight is 271 g/mol. The lowest BCUT2D eigenvalue weighted by atomic mass is 10.1. The van der Waals surface area contributed by atoms with Gasteiger partial charge in [0, 0.05) is 23.7 Å². The van der Waals surface area contributed by atoms with Gasteiger partial charge < -0.3 is 5.32 Å². The Morgan fingerprint density at radius 2 is 2.22 bits per heavy atom. The zero-order chi connectivity index (χ0) is 13.2. The van der Waals surface area contributed by atoms with Crippen LogP contribution in [0, 0.1) is 5.82 Å². The van der Waals surface area contributed by atoms with E-state index in [0.717, 1.165) is 31.6 Å². The fraction of sp³-hybridized carbons (Fsp3) is 0.571. The molecule has 1 aromatic carbocycles. The SMILES string of the molecule is CC1(C)CN(Cc2cc(F)ccc2Cl)CCCN1. The van der Waals surface area contributed by atoms with Gasteiger partial charge in [-0.2, -0.15) is 0 Å². The van der Waals surface area contributed by atoms with Crippen LogP contribution in [-0.2, 0) is 6.54 Å². The number of rotatable bonds is 2. The number of nitrogens with zero attached hydrogens (tertiary/aromatic N) is 1. The van der Waals surface area contributed by atoms with Crippen LogP contribution in [0.3, 0.4) is 0 Å². The third kappa shape index (κ3) is 3.67. The van der Waals surface area contributed by atoms with Crippen molar-refractivity contribution in [1.82, 2.24) is 10.2 Å². The van der Waals surface area contributed by atoms with Crippen molar-refractivity contribution in [2.45, 2.75) is 32.4 Å². The predicted octanol–water partition coefficient (Wildman–Crippen LogP) is 3.05. The molecular weight excluding hydrogens is 251 g/mol. The molecule has 1 aliphatic heterocycles. The monoisotopic (exact) mass is 270 g/mol. The van der Waals surface area contributed by atoms with E-state index in [1.165, 1.54) is 12.1 Å². The largest absolute Gasteiger partial charge is 0.310 e. The van der Waals surface area contributed by atoms with E-state index in [0.29, 0.717) is 11.6 Å².